The van der Waals surface area contributed by atoms with Gasteiger partial charge in [0.15, 0.2) is 5.65 Å². The first-order valence-corrected chi connectivity index (χ1v) is 5.33. The van der Waals surface area contributed by atoms with Crippen LogP contribution in [0.25, 0.3) is 11.0 Å². The fourth-order valence-corrected chi connectivity index (χ4v) is 1.74. The van der Waals surface area contributed by atoms with Crippen LogP contribution >= 0.6 is 0 Å². The fourth-order valence-electron chi connectivity index (χ4n) is 1.74. The number of nitrogens with one attached hydrogen (secondary N) is 1. The van der Waals surface area contributed by atoms with Gasteiger partial charge in [0.25, 0.3) is 0 Å². The van der Waals surface area contributed by atoms with Crippen LogP contribution in [-0.4, -0.2) is 20.8 Å². The maximum absolute atomic E-state index is 4.40. The molecule has 0 amide bonds. The second-order valence-electron chi connectivity index (χ2n) is 4.18. The maximum Gasteiger partial charge on any atom is 0.157 e. The van der Waals surface area contributed by atoms with Crippen LogP contribution in [0.5, 0.6) is 0 Å². The molecule has 2 aromatic rings. The van der Waals surface area contributed by atoms with Crippen molar-refractivity contribution in [3.8, 4) is 0 Å². The maximum atomic E-state index is 4.40. The molecule has 0 aromatic carbocycles. The molecule has 1 N–H and O–H groups in total. The molecule has 1 fully saturated rings. The van der Waals surface area contributed by atoms with Gasteiger partial charge in [0.2, 0.25) is 0 Å². The smallest absolute Gasteiger partial charge is 0.157 e. The van der Waals surface area contributed by atoms with E-state index in [0.717, 1.165) is 23.6 Å². The van der Waals surface area contributed by atoms with Crippen LogP contribution in [0.3, 0.4) is 0 Å². The first kappa shape index (κ1) is 8.85. The van der Waals surface area contributed by atoms with E-state index < -0.39 is 0 Å². The van der Waals surface area contributed by atoms with Crippen LogP contribution in [0.15, 0.2) is 18.5 Å². The van der Waals surface area contributed by atoms with Crippen molar-refractivity contribution < 1.29 is 0 Å². The van der Waals surface area contributed by atoms with E-state index in [0.29, 0.717) is 0 Å². The van der Waals surface area contributed by atoms with Crippen molar-refractivity contribution >= 4 is 11.0 Å². The molecule has 0 bridgehead atoms. The Kier molecular flexibility index (Phi) is 1.95. The van der Waals surface area contributed by atoms with Crippen molar-refractivity contribution in [1.82, 2.24) is 20.1 Å². The number of rotatable bonds is 3. The van der Waals surface area contributed by atoms with Gasteiger partial charge in [-0.25, -0.2) is 4.98 Å². The molecule has 2 heterocycles. The highest BCUT2D eigenvalue weighted by Gasteiger charge is 2.19. The molecule has 0 saturated heterocycles. The number of fused-ring (bicyclic) bond motifs is 1. The summed E-state index contributed by atoms with van der Waals surface area (Å²) in [7, 11) is 1.91. The Morgan fingerprint density at radius 1 is 1.47 bits per heavy atom. The first-order chi connectivity index (χ1) is 7.33. The lowest BCUT2D eigenvalue weighted by Gasteiger charge is -2.02. The van der Waals surface area contributed by atoms with E-state index in [-0.39, 0.29) is 0 Å². The highest BCUT2D eigenvalue weighted by Crippen LogP contribution is 2.19. The van der Waals surface area contributed by atoms with Gasteiger partial charge in [-0.15, -0.1) is 0 Å². The van der Waals surface area contributed by atoms with Gasteiger partial charge < -0.3 is 5.32 Å². The summed E-state index contributed by atoms with van der Waals surface area (Å²) in [5, 5.41) is 8.77. The van der Waals surface area contributed by atoms with Gasteiger partial charge in [-0.2, -0.15) is 5.10 Å². The minimum absolute atomic E-state index is 0.745. The molecule has 1 saturated carbocycles. The van der Waals surface area contributed by atoms with Crippen LogP contribution in [0, 0.1) is 0 Å². The molecule has 4 nitrogen and oxygen atoms in total. The highest BCUT2D eigenvalue weighted by molar-refractivity contribution is 5.74. The lowest BCUT2D eigenvalue weighted by Crippen LogP contribution is -2.15. The third-order valence-electron chi connectivity index (χ3n) is 2.80. The summed E-state index contributed by atoms with van der Waals surface area (Å²) in [4.78, 5) is 4.40. The van der Waals surface area contributed by atoms with Crippen LogP contribution in [0.2, 0.25) is 0 Å². The van der Waals surface area contributed by atoms with Gasteiger partial charge in [0.1, 0.15) is 0 Å². The Hall–Kier alpha value is -1.42. The summed E-state index contributed by atoms with van der Waals surface area (Å²) >= 11 is 0. The zero-order valence-electron chi connectivity index (χ0n) is 8.77. The average Bonchev–Trinajstić information content (AvgIpc) is 3.01. The molecule has 4 heteroatoms. The summed E-state index contributed by atoms with van der Waals surface area (Å²) in [6.45, 7) is 0.919. The standard InChI is InChI=1S/C11H14N4/c1-15-11-9(7-14-15)4-8(6-13-11)5-12-10-2-3-10/h4,6-7,10,12H,2-3,5H2,1H3. The molecule has 78 valence electrons. The second-order valence-corrected chi connectivity index (χ2v) is 4.18. The number of aromatic nitrogens is 3. The Balaban J connectivity index is 1.85. The van der Waals surface area contributed by atoms with Crippen LogP contribution < -0.4 is 5.32 Å². The van der Waals surface area contributed by atoms with E-state index in [1.165, 1.54) is 18.4 Å². The van der Waals surface area contributed by atoms with Gasteiger partial charge in [-0.05, 0) is 24.5 Å². The Morgan fingerprint density at radius 2 is 2.33 bits per heavy atom. The molecule has 15 heavy (non-hydrogen) atoms. The molecule has 1 aliphatic carbocycles. The van der Waals surface area contributed by atoms with E-state index in [1.54, 1.807) is 4.68 Å². The van der Waals surface area contributed by atoms with Gasteiger partial charge in [-0.1, -0.05) is 0 Å². The normalized spacial score (nSPS) is 16.1. The van der Waals surface area contributed by atoms with Gasteiger partial charge >= 0.3 is 0 Å². The van der Waals surface area contributed by atoms with E-state index >= 15 is 0 Å². The Bertz CT molecular complexity index is 484. The average molecular weight is 202 g/mol. The highest BCUT2D eigenvalue weighted by atomic mass is 15.3. The lowest BCUT2D eigenvalue weighted by atomic mass is 10.2. The largest absolute Gasteiger partial charge is 0.310 e. The lowest BCUT2D eigenvalue weighted by molar-refractivity contribution is 0.686. The van der Waals surface area contributed by atoms with Crippen molar-refractivity contribution in [1.29, 1.82) is 0 Å². The minimum Gasteiger partial charge on any atom is -0.310 e. The summed E-state index contributed by atoms with van der Waals surface area (Å²) in [5.74, 6) is 0. The molecule has 1 aliphatic rings. The molecule has 3 rings (SSSR count). The van der Waals surface area contributed by atoms with E-state index in [4.69, 9.17) is 0 Å². The third kappa shape index (κ3) is 1.72. The summed E-state index contributed by atoms with van der Waals surface area (Å²) in [5.41, 5.74) is 2.19. The van der Waals surface area contributed by atoms with E-state index in [9.17, 15) is 0 Å². The number of pyridine rings is 1. The molecule has 0 aliphatic heterocycles. The number of hydrogen-bond acceptors (Lipinski definition) is 3. The zero-order valence-corrected chi connectivity index (χ0v) is 8.77. The fraction of sp³-hybridized carbons (Fsp3) is 0.455. The molecule has 0 spiro atoms. The number of nitrogens with zero attached hydrogens (tertiary/aromatic N) is 3. The second kappa shape index (κ2) is 3.31. The van der Waals surface area contributed by atoms with E-state index in [2.05, 4.69) is 21.5 Å². The Morgan fingerprint density at radius 3 is 3.13 bits per heavy atom. The van der Waals surface area contributed by atoms with E-state index in [1.807, 2.05) is 19.4 Å². The summed E-state index contributed by atoms with van der Waals surface area (Å²) in [6, 6.07) is 2.90. The van der Waals surface area contributed by atoms with Crippen molar-refractivity contribution in [2.45, 2.75) is 25.4 Å². The van der Waals surface area contributed by atoms with Crippen molar-refractivity contribution in [3.63, 3.8) is 0 Å². The van der Waals surface area contributed by atoms with Gasteiger partial charge in [-0.3, -0.25) is 4.68 Å². The van der Waals surface area contributed by atoms with Crippen molar-refractivity contribution in [3.05, 3.63) is 24.0 Å². The van der Waals surface area contributed by atoms with Gasteiger partial charge in [0, 0.05) is 31.2 Å². The molecule has 2 aromatic heterocycles. The molecule has 0 radical (unpaired) electrons. The first-order valence-electron chi connectivity index (χ1n) is 5.33. The topological polar surface area (TPSA) is 42.7 Å². The third-order valence-corrected chi connectivity index (χ3v) is 2.80. The predicted octanol–water partition coefficient (Wildman–Crippen LogP) is 1.22. The SMILES string of the molecule is Cn1ncc2cc(CNC3CC3)cnc21. The predicted molar refractivity (Wildman–Crippen MR) is 58.4 cm³/mol. The Labute approximate surface area is 88.3 Å². The van der Waals surface area contributed by atoms with Crippen molar-refractivity contribution in [2.75, 3.05) is 0 Å². The zero-order chi connectivity index (χ0) is 10.3. The molecular weight excluding hydrogens is 188 g/mol. The number of hydrogen-bond donors (Lipinski definition) is 1. The van der Waals surface area contributed by atoms with Crippen LogP contribution in [0.1, 0.15) is 18.4 Å². The quantitative estimate of drug-likeness (QED) is 0.813. The summed E-state index contributed by atoms with van der Waals surface area (Å²) < 4.78 is 1.80. The number of aryl methyl sites for hydroxylation is 1. The summed E-state index contributed by atoms with van der Waals surface area (Å²) in [6.07, 6.45) is 6.44. The monoisotopic (exact) mass is 202 g/mol. The molecule has 0 atom stereocenters. The van der Waals surface area contributed by atoms with Crippen LogP contribution in [-0.2, 0) is 13.6 Å². The molecular formula is C11H14N4. The van der Waals surface area contributed by atoms with Crippen LogP contribution in [0.4, 0.5) is 0 Å². The van der Waals surface area contributed by atoms with Crippen molar-refractivity contribution in [2.24, 2.45) is 7.05 Å². The molecule has 0 unspecified atom stereocenters. The van der Waals surface area contributed by atoms with Gasteiger partial charge in [0.05, 0.1) is 6.20 Å². The minimum atomic E-state index is 0.745.